The van der Waals surface area contributed by atoms with Crippen LogP contribution in [0.4, 0.5) is 0 Å². The maximum Gasteiger partial charge on any atom is 0.141 e. The van der Waals surface area contributed by atoms with Crippen molar-refractivity contribution in [3.63, 3.8) is 0 Å². The molecule has 0 aromatic carbocycles. The molecule has 0 atom stereocenters. The van der Waals surface area contributed by atoms with Gasteiger partial charge in [0.15, 0.2) is 0 Å². The first-order valence-electron chi connectivity index (χ1n) is 7.60. The van der Waals surface area contributed by atoms with Crippen LogP contribution in [0.15, 0.2) is 0 Å². The first kappa shape index (κ1) is 15.6. The molecule has 2 rings (SSSR count). The normalized spacial score (nSPS) is 23.3. The molecule has 1 aliphatic carbocycles. The van der Waals surface area contributed by atoms with E-state index in [-0.39, 0.29) is 5.92 Å². The average molecular weight is 297 g/mol. The van der Waals surface area contributed by atoms with Gasteiger partial charge in [0.1, 0.15) is 5.78 Å². The molecule has 0 saturated heterocycles. The predicted octanol–water partition coefficient (Wildman–Crippen LogP) is 3.96. The minimum absolute atomic E-state index is 0.219. The number of Topliss-reactive ketones (excluding diaryl/α,β-unsaturated/α-hetero) is 1. The fraction of sp³-hybridized carbons (Fsp3) is 0.750. The molecular formula is C16H25ClN2O. The van der Waals surface area contributed by atoms with Crippen LogP contribution >= 0.6 is 11.6 Å². The van der Waals surface area contributed by atoms with Crippen molar-refractivity contribution in [1.82, 2.24) is 9.78 Å². The van der Waals surface area contributed by atoms with E-state index in [0.717, 1.165) is 36.1 Å². The van der Waals surface area contributed by atoms with Crippen LogP contribution in [0.2, 0.25) is 5.02 Å². The Kier molecular flexibility index (Phi) is 4.90. The Bertz CT molecular complexity index is 485. The Morgan fingerprint density at radius 1 is 1.35 bits per heavy atom. The van der Waals surface area contributed by atoms with Gasteiger partial charge in [-0.1, -0.05) is 25.4 Å². The molecule has 0 bridgehead atoms. The molecule has 0 aliphatic heterocycles. The number of carbonyl (C=O) groups excluding carboxylic acids is 1. The molecule has 112 valence electrons. The lowest BCUT2D eigenvalue weighted by Gasteiger charge is -2.30. The zero-order valence-corrected chi connectivity index (χ0v) is 13.7. The number of hydrogen-bond acceptors (Lipinski definition) is 2. The molecular weight excluding hydrogens is 272 g/mol. The van der Waals surface area contributed by atoms with Gasteiger partial charge in [0.2, 0.25) is 0 Å². The van der Waals surface area contributed by atoms with Crippen LogP contribution in [-0.2, 0) is 18.3 Å². The maximum absolute atomic E-state index is 12.5. The Morgan fingerprint density at radius 3 is 2.40 bits per heavy atom. The lowest BCUT2D eigenvalue weighted by atomic mass is 9.75. The van der Waals surface area contributed by atoms with Crippen molar-refractivity contribution in [2.24, 2.45) is 24.8 Å². The smallest absolute Gasteiger partial charge is 0.141 e. The van der Waals surface area contributed by atoms with Gasteiger partial charge >= 0.3 is 0 Å². The zero-order chi connectivity index (χ0) is 14.9. The number of halogens is 1. The summed E-state index contributed by atoms with van der Waals surface area (Å²) < 4.78 is 1.75. The van der Waals surface area contributed by atoms with E-state index in [1.54, 1.807) is 4.68 Å². The Hall–Kier alpha value is -0.830. The summed E-state index contributed by atoms with van der Waals surface area (Å²) in [7, 11) is 1.86. The molecule has 0 radical (unpaired) electrons. The lowest BCUT2D eigenvalue weighted by Crippen LogP contribution is -2.25. The van der Waals surface area contributed by atoms with Crippen LogP contribution in [0.25, 0.3) is 0 Å². The van der Waals surface area contributed by atoms with Gasteiger partial charge < -0.3 is 0 Å². The van der Waals surface area contributed by atoms with Gasteiger partial charge in [-0.25, -0.2) is 0 Å². The van der Waals surface area contributed by atoms with Crippen molar-refractivity contribution in [3.8, 4) is 0 Å². The van der Waals surface area contributed by atoms with E-state index in [2.05, 4.69) is 18.9 Å². The van der Waals surface area contributed by atoms with Gasteiger partial charge in [0, 0.05) is 13.0 Å². The number of nitrogens with zero attached hydrogens (tertiary/aromatic N) is 2. The third kappa shape index (κ3) is 3.25. The van der Waals surface area contributed by atoms with Crippen molar-refractivity contribution in [3.05, 3.63) is 16.4 Å². The number of hydrogen-bond donors (Lipinski definition) is 0. The summed E-state index contributed by atoms with van der Waals surface area (Å²) >= 11 is 6.23. The molecule has 0 spiro atoms. The Labute approximate surface area is 126 Å². The molecule has 1 fully saturated rings. The van der Waals surface area contributed by atoms with Crippen LogP contribution < -0.4 is 0 Å². The number of carbonyl (C=O) groups is 1. The van der Waals surface area contributed by atoms with Crippen LogP contribution in [0.5, 0.6) is 0 Å². The number of rotatable bonds is 4. The highest BCUT2D eigenvalue weighted by Crippen LogP contribution is 2.34. The van der Waals surface area contributed by atoms with E-state index in [4.69, 9.17) is 11.6 Å². The summed E-state index contributed by atoms with van der Waals surface area (Å²) in [6, 6.07) is 0. The summed E-state index contributed by atoms with van der Waals surface area (Å²) in [4.78, 5) is 12.5. The highest BCUT2D eigenvalue weighted by molar-refractivity contribution is 6.32. The fourth-order valence-corrected chi connectivity index (χ4v) is 3.52. The SMILES string of the molecule is Cc1nn(C)c(CC(=O)C2CCC(C(C)C)CC2)c1Cl. The van der Waals surface area contributed by atoms with E-state index >= 15 is 0 Å². The third-order valence-electron chi connectivity index (χ3n) is 4.77. The molecule has 0 amide bonds. The summed E-state index contributed by atoms with van der Waals surface area (Å²) in [5.74, 6) is 2.08. The molecule has 0 unspecified atom stereocenters. The van der Waals surface area contributed by atoms with Crippen LogP contribution in [0, 0.1) is 24.7 Å². The summed E-state index contributed by atoms with van der Waals surface area (Å²) in [5, 5.41) is 4.93. The lowest BCUT2D eigenvalue weighted by molar-refractivity contribution is -0.123. The van der Waals surface area contributed by atoms with Gasteiger partial charge in [0.25, 0.3) is 0 Å². The summed E-state index contributed by atoms with van der Waals surface area (Å²) in [5.41, 5.74) is 1.67. The second-order valence-corrected chi connectivity index (χ2v) is 6.85. The van der Waals surface area contributed by atoms with E-state index in [9.17, 15) is 4.79 Å². The molecule has 3 nitrogen and oxygen atoms in total. The first-order chi connectivity index (χ1) is 9.40. The number of ketones is 1. The fourth-order valence-electron chi connectivity index (χ4n) is 3.29. The minimum Gasteiger partial charge on any atom is -0.299 e. The monoisotopic (exact) mass is 296 g/mol. The molecule has 1 saturated carbocycles. The van der Waals surface area contributed by atoms with E-state index in [1.807, 2.05) is 14.0 Å². The third-order valence-corrected chi connectivity index (χ3v) is 5.26. The molecule has 0 N–H and O–H groups in total. The Balaban J connectivity index is 1.96. The van der Waals surface area contributed by atoms with Crippen molar-refractivity contribution in [2.75, 3.05) is 0 Å². The molecule has 1 heterocycles. The largest absolute Gasteiger partial charge is 0.299 e. The summed E-state index contributed by atoms with van der Waals surface area (Å²) in [6.45, 7) is 6.44. The second kappa shape index (κ2) is 6.30. The van der Waals surface area contributed by atoms with Gasteiger partial charge in [-0.05, 0) is 44.4 Å². The summed E-state index contributed by atoms with van der Waals surface area (Å²) in [6.07, 6.45) is 4.87. The van der Waals surface area contributed by atoms with E-state index in [0.29, 0.717) is 17.2 Å². The van der Waals surface area contributed by atoms with Crippen LogP contribution in [0.1, 0.15) is 50.9 Å². The molecule has 1 aliphatic rings. The average Bonchev–Trinajstić information content (AvgIpc) is 2.65. The highest BCUT2D eigenvalue weighted by atomic mass is 35.5. The van der Waals surface area contributed by atoms with E-state index in [1.165, 1.54) is 12.8 Å². The van der Waals surface area contributed by atoms with Crippen molar-refractivity contribution < 1.29 is 4.79 Å². The van der Waals surface area contributed by atoms with Crippen LogP contribution in [0.3, 0.4) is 0 Å². The first-order valence-corrected chi connectivity index (χ1v) is 7.98. The topological polar surface area (TPSA) is 34.9 Å². The quantitative estimate of drug-likeness (QED) is 0.843. The van der Waals surface area contributed by atoms with Gasteiger partial charge in [0.05, 0.1) is 22.8 Å². The van der Waals surface area contributed by atoms with Crippen molar-refractivity contribution >= 4 is 17.4 Å². The highest BCUT2D eigenvalue weighted by Gasteiger charge is 2.28. The Morgan fingerprint density at radius 2 is 1.95 bits per heavy atom. The predicted molar refractivity (Wildman–Crippen MR) is 82.0 cm³/mol. The second-order valence-electron chi connectivity index (χ2n) is 6.47. The maximum atomic E-state index is 12.5. The van der Waals surface area contributed by atoms with Gasteiger partial charge in [-0.15, -0.1) is 0 Å². The van der Waals surface area contributed by atoms with Gasteiger partial charge in [-0.2, -0.15) is 5.10 Å². The van der Waals surface area contributed by atoms with Crippen molar-refractivity contribution in [1.29, 1.82) is 0 Å². The standard InChI is InChI=1S/C16H25ClN2O/c1-10(2)12-5-7-13(8-6-12)15(20)9-14-16(17)11(3)18-19(14)4/h10,12-13H,5-9H2,1-4H3. The van der Waals surface area contributed by atoms with Crippen molar-refractivity contribution in [2.45, 2.75) is 52.9 Å². The van der Waals surface area contributed by atoms with Crippen LogP contribution in [-0.4, -0.2) is 15.6 Å². The molecule has 1 aromatic rings. The minimum atomic E-state index is 0.219. The molecule has 20 heavy (non-hydrogen) atoms. The zero-order valence-electron chi connectivity index (χ0n) is 12.9. The number of aryl methyl sites for hydroxylation is 2. The molecule has 4 heteroatoms. The molecule has 1 aromatic heterocycles. The number of aromatic nitrogens is 2. The van der Waals surface area contributed by atoms with Gasteiger partial charge in [-0.3, -0.25) is 9.48 Å². The van der Waals surface area contributed by atoms with E-state index < -0.39 is 0 Å².